The summed E-state index contributed by atoms with van der Waals surface area (Å²) in [6.45, 7) is 4.87. The second kappa shape index (κ2) is 7.33. The van der Waals surface area contributed by atoms with E-state index >= 15 is 0 Å². The molecule has 1 N–H and O–H groups in total. The number of nitrogens with zero attached hydrogens (tertiary/aromatic N) is 7. The number of imidazole rings is 1. The molecule has 6 rings (SSSR count). The topological polar surface area (TPSA) is 85.8 Å². The van der Waals surface area contributed by atoms with E-state index in [4.69, 9.17) is 4.98 Å². The lowest BCUT2D eigenvalue weighted by Crippen LogP contribution is -2.36. The SMILES string of the molecule is CCn1c(CC(=O)N(C2CC2)C2CC2)cc2c3c(ncn3C)c(Nc3cc(C)n(C)n3)nc21. The number of anilines is 2. The van der Waals surface area contributed by atoms with E-state index in [1.165, 1.54) is 0 Å². The van der Waals surface area contributed by atoms with Gasteiger partial charge in [-0.1, -0.05) is 0 Å². The Morgan fingerprint density at radius 2 is 1.91 bits per heavy atom. The number of aryl methyl sites for hydroxylation is 4. The highest BCUT2D eigenvalue weighted by Crippen LogP contribution is 2.38. The molecule has 0 unspecified atom stereocenters. The number of pyridine rings is 1. The van der Waals surface area contributed by atoms with Gasteiger partial charge in [-0.25, -0.2) is 9.97 Å². The number of hydrogen-bond acceptors (Lipinski definition) is 5. The maximum Gasteiger partial charge on any atom is 0.229 e. The minimum atomic E-state index is 0.251. The summed E-state index contributed by atoms with van der Waals surface area (Å²) in [7, 11) is 3.92. The van der Waals surface area contributed by atoms with Gasteiger partial charge in [-0.3, -0.25) is 9.48 Å². The average Bonchev–Trinajstić information content (AvgIpc) is 3.69. The fourth-order valence-corrected chi connectivity index (χ4v) is 4.95. The molecule has 4 aromatic heterocycles. The third kappa shape index (κ3) is 3.37. The second-order valence-electron chi connectivity index (χ2n) is 9.49. The lowest BCUT2D eigenvalue weighted by molar-refractivity contribution is -0.131. The summed E-state index contributed by atoms with van der Waals surface area (Å²) in [6.07, 6.45) is 6.84. The lowest BCUT2D eigenvalue weighted by Gasteiger charge is -2.22. The Bertz CT molecular complexity index is 1350. The molecule has 2 aliphatic rings. The normalized spacial score (nSPS) is 16.1. The van der Waals surface area contributed by atoms with Gasteiger partial charge in [0.25, 0.3) is 0 Å². The van der Waals surface area contributed by atoms with Crippen molar-refractivity contribution in [1.82, 2.24) is 33.8 Å². The van der Waals surface area contributed by atoms with E-state index in [9.17, 15) is 4.79 Å². The van der Waals surface area contributed by atoms with Gasteiger partial charge in [0, 0.05) is 55.6 Å². The summed E-state index contributed by atoms with van der Waals surface area (Å²) in [5, 5.41) is 8.93. The Labute approximate surface area is 192 Å². The molecule has 0 atom stereocenters. The first-order valence-electron chi connectivity index (χ1n) is 11.9. The zero-order chi connectivity index (χ0) is 22.9. The monoisotopic (exact) mass is 446 g/mol. The van der Waals surface area contributed by atoms with Gasteiger partial charge < -0.3 is 19.4 Å². The molecule has 2 aliphatic carbocycles. The maximum atomic E-state index is 13.3. The van der Waals surface area contributed by atoms with Crippen molar-refractivity contribution in [3.63, 3.8) is 0 Å². The molecule has 0 bridgehead atoms. The Kier molecular flexibility index (Phi) is 4.50. The molecule has 33 heavy (non-hydrogen) atoms. The second-order valence-corrected chi connectivity index (χ2v) is 9.49. The van der Waals surface area contributed by atoms with Crippen molar-refractivity contribution >= 4 is 39.6 Å². The minimum Gasteiger partial charge on any atom is -0.336 e. The minimum absolute atomic E-state index is 0.251. The van der Waals surface area contributed by atoms with Crippen molar-refractivity contribution in [3.8, 4) is 0 Å². The fraction of sp³-hybridized carbons (Fsp3) is 0.500. The van der Waals surface area contributed by atoms with E-state index < -0.39 is 0 Å². The lowest BCUT2D eigenvalue weighted by atomic mass is 10.2. The first-order valence-corrected chi connectivity index (χ1v) is 11.9. The standard InChI is InChI=1S/C24H30N8O/c1-5-31-17(12-20(33)32(15-6-7-15)16-8-9-16)11-18-22-21(25-13-29(22)3)23(27-24(18)31)26-19-10-14(2)30(4)28-19/h10-11,13,15-16H,5-9,12H2,1-4H3,(H,26,27,28). The number of fused-ring (bicyclic) bond motifs is 3. The first kappa shape index (κ1) is 20.3. The highest BCUT2D eigenvalue weighted by Gasteiger charge is 2.42. The molecular formula is C24H30N8O. The number of aromatic nitrogens is 6. The molecule has 4 heterocycles. The van der Waals surface area contributed by atoms with Gasteiger partial charge in [0.05, 0.1) is 18.3 Å². The van der Waals surface area contributed by atoms with Crippen LogP contribution in [-0.4, -0.2) is 51.8 Å². The van der Waals surface area contributed by atoms with E-state index in [1.807, 2.05) is 42.7 Å². The van der Waals surface area contributed by atoms with Gasteiger partial charge in [-0.15, -0.1) is 0 Å². The van der Waals surface area contributed by atoms with Crippen molar-refractivity contribution in [1.29, 1.82) is 0 Å². The van der Waals surface area contributed by atoms with Gasteiger partial charge in [0.1, 0.15) is 11.2 Å². The Morgan fingerprint density at radius 3 is 2.52 bits per heavy atom. The van der Waals surface area contributed by atoms with Gasteiger partial charge in [-0.2, -0.15) is 5.10 Å². The Hall–Kier alpha value is -3.36. The van der Waals surface area contributed by atoms with Gasteiger partial charge in [0.15, 0.2) is 11.6 Å². The van der Waals surface area contributed by atoms with Crippen LogP contribution in [0.25, 0.3) is 22.1 Å². The highest BCUT2D eigenvalue weighted by atomic mass is 16.2. The molecule has 1 amide bonds. The van der Waals surface area contributed by atoms with Gasteiger partial charge in [-0.05, 0) is 45.6 Å². The Balaban J connectivity index is 1.44. The van der Waals surface area contributed by atoms with Crippen molar-refractivity contribution in [2.45, 2.75) is 64.6 Å². The van der Waals surface area contributed by atoms with Crippen LogP contribution in [0, 0.1) is 6.92 Å². The smallest absolute Gasteiger partial charge is 0.229 e. The number of rotatable bonds is 7. The summed E-state index contributed by atoms with van der Waals surface area (Å²) in [5.41, 5.74) is 4.76. The first-order chi connectivity index (χ1) is 15.9. The molecule has 0 spiro atoms. The molecule has 9 heteroatoms. The maximum absolute atomic E-state index is 13.3. The predicted octanol–water partition coefficient (Wildman–Crippen LogP) is 3.42. The molecule has 2 fully saturated rings. The fourth-order valence-electron chi connectivity index (χ4n) is 4.95. The molecule has 0 aliphatic heterocycles. The summed E-state index contributed by atoms with van der Waals surface area (Å²) >= 11 is 0. The molecule has 172 valence electrons. The summed E-state index contributed by atoms with van der Waals surface area (Å²) in [6, 6.07) is 5.06. The molecule has 0 radical (unpaired) electrons. The van der Waals surface area contributed by atoms with E-state index in [1.54, 1.807) is 0 Å². The molecule has 2 saturated carbocycles. The molecular weight excluding hydrogens is 416 g/mol. The van der Waals surface area contributed by atoms with Crippen LogP contribution in [0.1, 0.15) is 44.0 Å². The van der Waals surface area contributed by atoms with Crippen molar-refractivity contribution in [2.24, 2.45) is 14.1 Å². The zero-order valence-electron chi connectivity index (χ0n) is 19.7. The largest absolute Gasteiger partial charge is 0.336 e. The van der Waals surface area contributed by atoms with Crippen LogP contribution in [-0.2, 0) is 31.9 Å². The van der Waals surface area contributed by atoms with Crippen molar-refractivity contribution in [3.05, 3.63) is 29.8 Å². The van der Waals surface area contributed by atoms with Gasteiger partial charge in [0.2, 0.25) is 5.91 Å². The predicted molar refractivity (Wildman–Crippen MR) is 128 cm³/mol. The van der Waals surface area contributed by atoms with E-state index in [2.05, 4.69) is 37.9 Å². The van der Waals surface area contributed by atoms with Crippen LogP contribution >= 0.6 is 0 Å². The number of nitrogens with one attached hydrogen (secondary N) is 1. The number of carbonyl (C=O) groups is 1. The number of carbonyl (C=O) groups excluding carboxylic acids is 1. The third-order valence-electron chi connectivity index (χ3n) is 6.97. The number of hydrogen-bond donors (Lipinski definition) is 1. The molecule has 0 saturated heterocycles. The molecule has 0 aromatic carbocycles. The third-order valence-corrected chi connectivity index (χ3v) is 6.97. The van der Waals surface area contributed by atoms with E-state index in [0.29, 0.717) is 24.3 Å². The van der Waals surface area contributed by atoms with Crippen LogP contribution in [0.4, 0.5) is 11.6 Å². The van der Waals surface area contributed by atoms with E-state index in [-0.39, 0.29) is 5.91 Å². The number of amides is 1. The van der Waals surface area contributed by atoms with Crippen LogP contribution in [0.15, 0.2) is 18.5 Å². The summed E-state index contributed by atoms with van der Waals surface area (Å²) < 4.78 is 6.04. The summed E-state index contributed by atoms with van der Waals surface area (Å²) in [4.78, 5) is 25.1. The van der Waals surface area contributed by atoms with Crippen LogP contribution < -0.4 is 5.32 Å². The zero-order valence-corrected chi connectivity index (χ0v) is 19.7. The van der Waals surface area contributed by atoms with Crippen LogP contribution in [0.2, 0.25) is 0 Å². The Morgan fingerprint density at radius 1 is 1.18 bits per heavy atom. The molecule has 9 nitrogen and oxygen atoms in total. The average molecular weight is 447 g/mol. The van der Waals surface area contributed by atoms with E-state index in [0.717, 1.165) is 71.5 Å². The molecule has 4 aromatic rings. The van der Waals surface area contributed by atoms with Crippen LogP contribution in [0.3, 0.4) is 0 Å². The van der Waals surface area contributed by atoms with Crippen molar-refractivity contribution in [2.75, 3.05) is 5.32 Å². The van der Waals surface area contributed by atoms with Crippen molar-refractivity contribution < 1.29 is 4.79 Å². The van der Waals surface area contributed by atoms with Crippen LogP contribution in [0.5, 0.6) is 0 Å². The van der Waals surface area contributed by atoms with Gasteiger partial charge >= 0.3 is 0 Å². The quantitative estimate of drug-likeness (QED) is 0.470. The summed E-state index contributed by atoms with van der Waals surface area (Å²) in [5.74, 6) is 1.67. The highest BCUT2D eigenvalue weighted by molar-refractivity contribution is 6.07.